The van der Waals surface area contributed by atoms with Gasteiger partial charge in [0.1, 0.15) is 5.15 Å². The number of amides is 1. The number of nitrogens with zero attached hydrogens (tertiary/aromatic N) is 1. The Hall–Kier alpha value is -0.650. The summed E-state index contributed by atoms with van der Waals surface area (Å²) < 4.78 is 6.13. The van der Waals surface area contributed by atoms with Gasteiger partial charge < -0.3 is 10.1 Å². The Labute approximate surface area is 127 Å². The minimum Gasteiger partial charge on any atom is -0.380 e. The third-order valence-electron chi connectivity index (χ3n) is 2.42. The molecule has 1 rings (SSSR count). The van der Waals surface area contributed by atoms with Crippen LogP contribution in [0.2, 0.25) is 5.15 Å². The van der Waals surface area contributed by atoms with E-state index in [1.54, 1.807) is 12.3 Å². The summed E-state index contributed by atoms with van der Waals surface area (Å²) in [5.41, 5.74) is 0.359. The van der Waals surface area contributed by atoms with Crippen molar-refractivity contribution in [2.75, 3.05) is 19.8 Å². The lowest BCUT2D eigenvalue weighted by Crippen LogP contribution is -2.27. The molecule has 19 heavy (non-hydrogen) atoms. The van der Waals surface area contributed by atoms with Crippen molar-refractivity contribution >= 4 is 33.4 Å². The number of carbonyl (C=O) groups excluding carboxylic acids is 1. The average molecular weight is 350 g/mol. The first kappa shape index (κ1) is 16.4. The highest BCUT2D eigenvalue weighted by Gasteiger charge is 2.11. The maximum absolute atomic E-state index is 11.8. The maximum atomic E-state index is 11.8. The van der Waals surface area contributed by atoms with E-state index in [-0.39, 0.29) is 11.1 Å². The van der Waals surface area contributed by atoms with Gasteiger partial charge in [-0.1, -0.05) is 25.4 Å². The van der Waals surface area contributed by atoms with Gasteiger partial charge >= 0.3 is 0 Å². The van der Waals surface area contributed by atoms with E-state index < -0.39 is 0 Å². The van der Waals surface area contributed by atoms with Gasteiger partial charge in [0.25, 0.3) is 5.91 Å². The van der Waals surface area contributed by atoms with Gasteiger partial charge in [0.05, 0.1) is 12.2 Å². The fourth-order valence-electron chi connectivity index (χ4n) is 1.33. The molecule has 1 heterocycles. The summed E-state index contributed by atoms with van der Waals surface area (Å²) in [5, 5.41) is 2.94. The summed E-state index contributed by atoms with van der Waals surface area (Å²) >= 11 is 9.12. The van der Waals surface area contributed by atoms with E-state index in [9.17, 15) is 4.79 Å². The normalized spacial score (nSPS) is 10.8. The number of rotatable bonds is 7. The van der Waals surface area contributed by atoms with E-state index in [2.05, 4.69) is 40.1 Å². The molecule has 0 atom stereocenters. The fraction of sp³-hybridized carbons (Fsp3) is 0.538. The molecular formula is C13H18BrClN2O2. The van der Waals surface area contributed by atoms with Gasteiger partial charge in [-0.05, 0) is 34.3 Å². The van der Waals surface area contributed by atoms with Crippen LogP contribution in [-0.4, -0.2) is 30.6 Å². The highest BCUT2D eigenvalue weighted by Crippen LogP contribution is 2.17. The molecule has 106 valence electrons. The molecule has 0 bridgehead atoms. The molecule has 4 nitrogen and oxygen atoms in total. The molecule has 0 aliphatic carbocycles. The first-order valence-corrected chi connectivity index (χ1v) is 7.34. The minimum absolute atomic E-state index is 0.196. The molecule has 0 fully saturated rings. The molecule has 0 aliphatic heterocycles. The zero-order chi connectivity index (χ0) is 14.3. The number of ether oxygens (including phenoxy) is 1. The molecular weight excluding hydrogens is 332 g/mol. The van der Waals surface area contributed by atoms with Crippen LogP contribution in [0.25, 0.3) is 0 Å². The standard InChI is InChI=1S/C13H18BrClN2O2/c1-9(2)3-5-19-6-4-16-13(18)11-7-10(14)8-17-12(11)15/h7-9H,3-6H2,1-2H3,(H,16,18). The van der Waals surface area contributed by atoms with Crippen LogP contribution >= 0.6 is 27.5 Å². The smallest absolute Gasteiger partial charge is 0.254 e. The van der Waals surface area contributed by atoms with E-state index in [0.717, 1.165) is 10.9 Å². The van der Waals surface area contributed by atoms with Gasteiger partial charge in [0.2, 0.25) is 0 Å². The number of hydrogen-bond acceptors (Lipinski definition) is 3. The van der Waals surface area contributed by atoms with Gasteiger partial charge in [-0.25, -0.2) is 4.98 Å². The highest BCUT2D eigenvalue weighted by molar-refractivity contribution is 9.10. The van der Waals surface area contributed by atoms with Gasteiger partial charge in [0.15, 0.2) is 0 Å². The van der Waals surface area contributed by atoms with Gasteiger partial charge in [-0.2, -0.15) is 0 Å². The van der Waals surface area contributed by atoms with E-state index in [1.165, 1.54) is 0 Å². The molecule has 0 radical (unpaired) electrons. The van der Waals surface area contributed by atoms with Crippen LogP contribution in [0.1, 0.15) is 30.6 Å². The zero-order valence-electron chi connectivity index (χ0n) is 11.1. The lowest BCUT2D eigenvalue weighted by molar-refractivity contribution is 0.0905. The molecule has 1 aromatic rings. The summed E-state index contributed by atoms with van der Waals surface area (Å²) in [4.78, 5) is 15.7. The predicted molar refractivity (Wildman–Crippen MR) is 79.6 cm³/mol. The molecule has 1 N–H and O–H groups in total. The van der Waals surface area contributed by atoms with Crippen LogP contribution < -0.4 is 5.32 Å². The Morgan fingerprint density at radius 2 is 2.26 bits per heavy atom. The zero-order valence-corrected chi connectivity index (χ0v) is 13.4. The van der Waals surface area contributed by atoms with Crippen molar-refractivity contribution in [3.05, 3.63) is 27.5 Å². The molecule has 0 aliphatic rings. The van der Waals surface area contributed by atoms with E-state index >= 15 is 0 Å². The van der Waals surface area contributed by atoms with Crippen LogP contribution in [-0.2, 0) is 4.74 Å². The van der Waals surface area contributed by atoms with Crippen LogP contribution in [0, 0.1) is 5.92 Å². The number of halogens is 2. The van der Waals surface area contributed by atoms with Crippen molar-refractivity contribution in [2.24, 2.45) is 5.92 Å². The van der Waals surface area contributed by atoms with Gasteiger partial charge in [-0.3, -0.25) is 4.79 Å². The number of pyridine rings is 1. The lowest BCUT2D eigenvalue weighted by atomic mass is 10.1. The van der Waals surface area contributed by atoms with E-state index in [0.29, 0.717) is 31.2 Å². The Balaban J connectivity index is 2.29. The third kappa shape index (κ3) is 6.36. The number of hydrogen-bond donors (Lipinski definition) is 1. The van der Waals surface area contributed by atoms with Crippen molar-refractivity contribution < 1.29 is 9.53 Å². The maximum Gasteiger partial charge on any atom is 0.254 e. The average Bonchev–Trinajstić information content (AvgIpc) is 2.36. The molecule has 0 spiro atoms. The van der Waals surface area contributed by atoms with Crippen molar-refractivity contribution in [3.8, 4) is 0 Å². The Kier molecular flexibility index (Phi) is 7.34. The van der Waals surface area contributed by atoms with Crippen molar-refractivity contribution in [1.82, 2.24) is 10.3 Å². The van der Waals surface area contributed by atoms with Crippen molar-refractivity contribution in [2.45, 2.75) is 20.3 Å². The largest absolute Gasteiger partial charge is 0.380 e. The quantitative estimate of drug-likeness (QED) is 0.607. The molecule has 0 unspecified atom stereocenters. The molecule has 0 saturated heterocycles. The Bertz CT molecular complexity index is 427. The number of nitrogens with one attached hydrogen (secondary N) is 1. The summed E-state index contributed by atoms with van der Waals surface area (Å²) in [6.07, 6.45) is 2.57. The first-order valence-electron chi connectivity index (χ1n) is 6.17. The van der Waals surface area contributed by atoms with Crippen molar-refractivity contribution in [3.63, 3.8) is 0 Å². The highest BCUT2D eigenvalue weighted by atomic mass is 79.9. The molecule has 1 amide bonds. The molecule has 1 aromatic heterocycles. The van der Waals surface area contributed by atoms with E-state index in [1.807, 2.05) is 0 Å². The Morgan fingerprint density at radius 3 is 2.95 bits per heavy atom. The summed E-state index contributed by atoms with van der Waals surface area (Å²) in [7, 11) is 0. The van der Waals surface area contributed by atoms with Gasteiger partial charge in [-0.15, -0.1) is 0 Å². The SMILES string of the molecule is CC(C)CCOCCNC(=O)c1cc(Br)cnc1Cl. The summed E-state index contributed by atoms with van der Waals surface area (Å²) in [6.45, 7) is 5.96. The van der Waals surface area contributed by atoms with Crippen molar-refractivity contribution in [1.29, 1.82) is 0 Å². The molecule has 0 saturated carbocycles. The van der Waals surface area contributed by atoms with E-state index in [4.69, 9.17) is 16.3 Å². The second-order valence-electron chi connectivity index (χ2n) is 4.54. The minimum atomic E-state index is -0.244. The Morgan fingerprint density at radius 1 is 1.53 bits per heavy atom. The summed E-state index contributed by atoms with van der Waals surface area (Å²) in [6, 6.07) is 1.64. The monoisotopic (exact) mass is 348 g/mol. The molecule has 0 aromatic carbocycles. The predicted octanol–water partition coefficient (Wildman–Crippen LogP) is 3.29. The van der Waals surface area contributed by atoms with Crippen LogP contribution in [0.5, 0.6) is 0 Å². The summed E-state index contributed by atoms with van der Waals surface area (Å²) in [5.74, 6) is 0.382. The van der Waals surface area contributed by atoms with Crippen LogP contribution in [0.3, 0.4) is 0 Å². The second-order valence-corrected chi connectivity index (χ2v) is 5.82. The molecule has 6 heteroatoms. The topological polar surface area (TPSA) is 51.2 Å². The van der Waals surface area contributed by atoms with Crippen LogP contribution in [0.15, 0.2) is 16.7 Å². The second kappa shape index (κ2) is 8.51. The third-order valence-corrected chi connectivity index (χ3v) is 3.16. The first-order chi connectivity index (χ1) is 9.00. The number of carbonyl (C=O) groups is 1. The van der Waals surface area contributed by atoms with Crippen LogP contribution in [0.4, 0.5) is 0 Å². The fourth-order valence-corrected chi connectivity index (χ4v) is 1.86. The lowest BCUT2D eigenvalue weighted by Gasteiger charge is -2.08. The van der Waals surface area contributed by atoms with Gasteiger partial charge in [0, 0.05) is 23.8 Å². The number of aromatic nitrogens is 1.